The molecule has 1 atom stereocenters. The van der Waals surface area contributed by atoms with Crippen LogP contribution in [0.25, 0.3) is 0 Å². The Morgan fingerprint density at radius 3 is 2.72 bits per heavy atom. The number of hydrogen-bond donors (Lipinski definition) is 1. The molecule has 3 heteroatoms. The van der Waals surface area contributed by atoms with Crippen molar-refractivity contribution in [2.24, 2.45) is 10.9 Å². The van der Waals surface area contributed by atoms with Crippen LogP contribution in [0.15, 0.2) is 29.3 Å². The average Bonchev–Trinajstić information content (AvgIpc) is 3.13. The molecule has 1 fully saturated rings. The third-order valence-corrected chi connectivity index (χ3v) is 4.86. The maximum Gasteiger partial charge on any atom is 0.161 e. The number of benzene rings is 1. The normalized spacial score (nSPS) is 22.9. The summed E-state index contributed by atoms with van der Waals surface area (Å²) < 4.78 is 0. The Morgan fingerprint density at radius 1 is 1.28 bits per heavy atom. The van der Waals surface area contributed by atoms with Crippen molar-refractivity contribution in [1.29, 1.82) is 0 Å². The number of hydrogen-bond acceptors (Lipinski definition) is 3. The van der Waals surface area contributed by atoms with Gasteiger partial charge in [-0.25, -0.2) is 0 Å². The SMILES string of the molecule is CCCc1ccc(NC2=NCC(C3CC3)S2)cc1. The van der Waals surface area contributed by atoms with E-state index in [0.29, 0.717) is 0 Å². The second-order valence-corrected chi connectivity index (χ2v) is 6.44. The van der Waals surface area contributed by atoms with Crippen molar-refractivity contribution in [2.45, 2.75) is 37.9 Å². The molecule has 1 saturated carbocycles. The summed E-state index contributed by atoms with van der Waals surface area (Å²) in [6.07, 6.45) is 5.19. The van der Waals surface area contributed by atoms with Gasteiger partial charge in [-0.2, -0.15) is 0 Å². The average molecular weight is 260 g/mol. The van der Waals surface area contributed by atoms with E-state index in [4.69, 9.17) is 0 Å². The molecule has 0 spiro atoms. The Kier molecular flexibility index (Phi) is 3.59. The van der Waals surface area contributed by atoms with Gasteiger partial charge in [0.2, 0.25) is 0 Å². The van der Waals surface area contributed by atoms with Gasteiger partial charge in [0.15, 0.2) is 5.17 Å². The third kappa shape index (κ3) is 2.89. The molecule has 0 radical (unpaired) electrons. The van der Waals surface area contributed by atoms with E-state index in [1.165, 1.54) is 31.2 Å². The summed E-state index contributed by atoms with van der Waals surface area (Å²) in [5.41, 5.74) is 2.58. The van der Waals surface area contributed by atoms with Crippen LogP contribution in [0, 0.1) is 5.92 Å². The first kappa shape index (κ1) is 12.1. The van der Waals surface area contributed by atoms with Crippen LogP contribution in [0.2, 0.25) is 0 Å². The van der Waals surface area contributed by atoms with E-state index in [1.54, 1.807) is 0 Å². The maximum absolute atomic E-state index is 4.60. The molecule has 0 saturated heterocycles. The Bertz CT molecular complexity index is 434. The molecule has 0 bridgehead atoms. The molecule has 0 aromatic heterocycles. The third-order valence-electron chi connectivity index (χ3n) is 3.57. The summed E-state index contributed by atoms with van der Waals surface area (Å²) in [5.74, 6) is 0.935. The zero-order valence-electron chi connectivity index (χ0n) is 10.9. The van der Waals surface area contributed by atoms with Gasteiger partial charge in [0.05, 0.1) is 6.54 Å². The predicted molar refractivity (Wildman–Crippen MR) is 80.5 cm³/mol. The highest BCUT2D eigenvalue weighted by molar-refractivity contribution is 8.15. The number of amidine groups is 1. The van der Waals surface area contributed by atoms with E-state index < -0.39 is 0 Å². The maximum atomic E-state index is 4.60. The van der Waals surface area contributed by atoms with Crippen LogP contribution in [-0.2, 0) is 6.42 Å². The predicted octanol–water partition coefficient (Wildman–Crippen LogP) is 3.93. The van der Waals surface area contributed by atoms with Gasteiger partial charge >= 0.3 is 0 Å². The van der Waals surface area contributed by atoms with Gasteiger partial charge in [0.1, 0.15) is 0 Å². The smallest absolute Gasteiger partial charge is 0.161 e. The number of nitrogens with zero attached hydrogens (tertiary/aromatic N) is 1. The largest absolute Gasteiger partial charge is 0.335 e. The lowest BCUT2D eigenvalue weighted by Crippen LogP contribution is -2.08. The molecule has 1 unspecified atom stereocenters. The number of anilines is 1. The van der Waals surface area contributed by atoms with E-state index in [1.807, 2.05) is 11.8 Å². The molecule has 1 heterocycles. The van der Waals surface area contributed by atoms with Crippen molar-refractivity contribution in [2.75, 3.05) is 11.9 Å². The summed E-state index contributed by atoms with van der Waals surface area (Å²) in [6.45, 7) is 3.22. The van der Waals surface area contributed by atoms with Gasteiger partial charge in [0.25, 0.3) is 0 Å². The van der Waals surface area contributed by atoms with Crippen LogP contribution in [-0.4, -0.2) is 17.0 Å². The lowest BCUT2D eigenvalue weighted by molar-refractivity contribution is 0.773. The highest BCUT2D eigenvalue weighted by Crippen LogP contribution is 2.41. The zero-order chi connectivity index (χ0) is 12.4. The van der Waals surface area contributed by atoms with Gasteiger partial charge in [-0.05, 0) is 42.9 Å². The minimum Gasteiger partial charge on any atom is -0.335 e. The molecule has 2 nitrogen and oxygen atoms in total. The second-order valence-electron chi connectivity index (χ2n) is 5.21. The second kappa shape index (κ2) is 5.35. The lowest BCUT2D eigenvalue weighted by atomic mass is 10.1. The van der Waals surface area contributed by atoms with Crippen molar-refractivity contribution >= 4 is 22.6 Å². The number of nitrogens with one attached hydrogen (secondary N) is 1. The van der Waals surface area contributed by atoms with Gasteiger partial charge in [0, 0.05) is 10.9 Å². The van der Waals surface area contributed by atoms with Crippen molar-refractivity contribution in [3.05, 3.63) is 29.8 Å². The number of aryl methyl sites for hydroxylation is 1. The Hall–Kier alpha value is -0.960. The first-order valence-corrected chi connectivity index (χ1v) is 7.80. The van der Waals surface area contributed by atoms with E-state index in [-0.39, 0.29) is 0 Å². The zero-order valence-corrected chi connectivity index (χ0v) is 11.7. The van der Waals surface area contributed by atoms with E-state index in [0.717, 1.165) is 28.6 Å². The molecule has 1 aromatic rings. The first-order chi connectivity index (χ1) is 8.85. The van der Waals surface area contributed by atoms with Crippen LogP contribution in [0.1, 0.15) is 31.7 Å². The first-order valence-electron chi connectivity index (χ1n) is 6.92. The highest BCUT2D eigenvalue weighted by atomic mass is 32.2. The molecular weight excluding hydrogens is 240 g/mol. The molecule has 1 aliphatic heterocycles. The molecule has 0 amide bonds. The Labute approximate surface area is 113 Å². The van der Waals surface area contributed by atoms with Gasteiger partial charge in [-0.3, -0.25) is 4.99 Å². The number of aliphatic imine (C=N–C) groups is 1. The highest BCUT2D eigenvalue weighted by Gasteiger charge is 2.35. The van der Waals surface area contributed by atoms with E-state index in [9.17, 15) is 0 Å². The summed E-state index contributed by atoms with van der Waals surface area (Å²) in [6, 6.07) is 8.76. The monoisotopic (exact) mass is 260 g/mol. The fourth-order valence-corrected chi connectivity index (χ4v) is 3.57. The fraction of sp³-hybridized carbons (Fsp3) is 0.533. The minimum atomic E-state index is 0.742. The molecule has 2 aliphatic rings. The number of thioether (sulfide) groups is 1. The van der Waals surface area contributed by atoms with Crippen LogP contribution in [0.5, 0.6) is 0 Å². The Morgan fingerprint density at radius 2 is 2.06 bits per heavy atom. The standard InChI is InChI=1S/C15H20N2S/c1-2-3-11-4-8-13(9-5-11)17-15-16-10-14(18-15)12-6-7-12/h4-5,8-9,12,14H,2-3,6-7,10H2,1H3,(H,16,17). The van der Waals surface area contributed by atoms with Crippen molar-refractivity contribution in [3.63, 3.8) is 0 Å². The van der Waals surface area contributed by atoms with Crippen LogP contribution in [0.3, 0.4) is 0 Å². The van der Waals surface area contributed by atoms with Crippen LogP contribution >= 0.6 is 11.8 Å². The molecule has 1 aromatic carbocycles. The fourth-order valence-electron chi connectivity index (χ4n) is 2.34. The van der Waals surface area contributed by atoms with Crippen molar-refractivity contribution in [1.82, 2.24) is 0 Å². The minimum absolute atomic E-state index is 0.742. The van der Waals surface area contributed by atoms with Gasteiger partial charge in [-0.1, -0.05) is 37.2 Å². The molecule has 1 N–H and O–H groups in total. The quantitative estimate of drug-likeness (QED) is 0.887. The Balaban J connectivity index is 1.56. The van der Waals surface area contributed by atoms with Crippen LogP contribution < -0.4 is 5.32 Å². The molecule has 1 aliphatic carbocycles. The molecule has 3 rings (SSSR count). The van der Waals surface area contributed by atoms with Gasteiger partial charge in [-0.15, -0.1) is 0 Å². The molecular formula is C15H20N2S. The topological polar surface area (TPSA) is 24.4 Å². The summed E-state index contributed by atoms with van der Waals surface area (Å²) in [5, 5.41) is 5.28. The summed E-state index contributed by atoms with van der Waals surface area (Å²) in [7, 11) is 0. The van der Waals surface area contributed by atoms with Gasteiger partial charge < -0.3 is 5.32 Å². The summed E-state index contributed by atoms with van der Waals surface area (Å²) in [4.78, 5) is 4.60. The van der Waals surface area contributed by atoms with Crippen molar-refractivity contribution < 1.29 is 0 Å². The van der Waals surface area contributed by atoms with E-state index >= 15 is 0 Å². The number of rotatable bonds is 4. The summed E-state index contributed by atoms with van der Waals surface area (Å²) >= 11 is 1.93. The van der Waals surface area contributed by atoms with Crippen LogP contribution in [0.4, 0.5) is 5.69 Å². The lowest BCUT2D eigenvalue weighted by Gasteiger charge is -2.08. The molecule has 96 valence electrons. The van der Waals surface area contributed by atoms with E-state index in [2.05, 4.69) is 41.5 Å². The van der Waals surface area contributed by atoms with Crippen molar-refractivity contribution in [3.8, 4) is 0 Å². The molecule has 18 heavy (non-hydrogen) atoms.